The number of rotatable bonds is 5. The Kier molecular flexibility index (Phi) is 5.13. The van der Waals surface area contributed by atoms with Crippen LogP contribution in [-0.2, 0) is 14.8 Å². The number of carbonyl (C=O) groups is 1. The minimum atomic E-state index is -4.02. The smallest absolute Gasteiger partial charge is 0.289 e. The first-order valence-corrected chi connectivity index (χ1v) is 7.65. The number of nitro groups is 1. The Balaban J connectivity index is 3.08. The molecular weight excluding hydrogens is 322 g/mol. The van der Waals surface area contributed by atoms with E-state index >= 15 is 0 Å². The van der Waals surface area contributed by atoms with E-state index in [4.69, 9.17) is 11.6 Å². The molecule has 0 aromatic heterocycles. The molecule has 21 heavy (non-hydrogen) atoms. The van der Waals surface area contributed by atoms with Gasteiger partial charge in [-0.2, -0.15) is 0 Å². The van der Waals surface area contributed by atoms with E-state index in [0.29, 0.717) is 0 Å². The summed E-state index contributed by atoms with van der Waals surface area (Å²) in [5, 5.41) is 9.31. The first-order valence-electron chi connectivity index (χ1n) is 5.73. The predicted octanol–water partition coefficient (Wildman–Crippen LogP) is 1.47. The van der Waals surface area contributed by atoms with Crippen molar-refractivity contribution < 1.29 is 18.1 Å². The molecule has 0 saturated carbocycles. The minimum Gasteiger partial charge on any atom is -0.348 e. The van der Waals surface area contributed by atoms with Gasteiger partial charge in [0.1, 0.15) is 5.02 Å². The molecule has 116 valence electrons. The molecule has 0 bridgehead atoms. The molecule has 10 heteroatoms. The molecule has 0 heterocycles. The molecule has 0 unspecified atom stereocenters. The summed E-state index contributed by atoms with van der Waals surface area (Å²) in [4.78, 5) is 22.9. The fourth-order valence-corrected chi connectivity index (χ4v) is 2.76. The molecule has 0 aliphatic carbocycles. The second kappa shape index (κ2) is 6.27. The van der Waals surface area contributed by atoms with E-state index in [1.54, 1.807) is 0 Å². The van der Waals surface area contributed by atoms with Crippen LogP contribution in [-0.4, -0.2) is 43.5 Å². The number of sulfonamides is 1. The molecule has 1 aromatic rings. The number of nitrogens with zero attached hydrogens (tertiary/aromatic N) is 2. The fourth-order valence-electron chi connectivity index (χ4n) is 1.47. The Morgan fingerprint density at radius 1 is 1.43 bits per heavy atom. The molecule has 0 spiro atoms. The number of anilines is 1. The van der Waals surface area contributed by atoms with Crippen LogP contribution in [0.1, 0.15) is 6.92 Å². The van der Waals surface area contributed by atoms with Gasteiger partial charge < -0.3 is 4.90 Å². The summed E-state index contributed by atoms with van der Waals surface area (Å²) in [5.74, 6) is -0.606. The lowest BCUT2D eigenvalue weighted by Crippen LogP contribution is -2.39. The van der Waals surface area contributed by atoms with Crippen molar-refractivity contribution in [1.29, 1.82) is 0 Å². The maximum atomic E-state index is 12.1. The van der Waals surface area contributed by atoms with Gasteiger partial charge in [-0.05, 0) is 19.1 Å². The number of hydrogen-bond acceptors (Lipinski definition) is 5. The third-order valence-corrected chi connectivity index (χ3v) is 4.63. The van der Waals surface area contributed by atoms with Gasteiger partial charge in [-0.3, -0.25) is 19.6 Å². The molecule has 8 nitrogen and oxygen atoms in total. The molecule has 0 fully saturated rings. The molecule has 1 N–H and O–H groups in total. The van der Waals surface area contributed by atoms with Crippen molar-refractivity contribution in [2.45, 2.75) is 12.2 Å². The maximum Gasteiger partial charge on any atom is 0.289 e. The number of amides is 1. The topological polar surface area (TPSA) is 110 Å². The first-order chi connectivity index (χ1) is 9.56. The number of carbonyl (C=O) groups excluding carboxylic acids is 1. The Bertz CT molecular complexity index is 674. The first kappa shape index (κ1) is 17.2. The van der Waals surface area contributed by atoms with Crippen LogP contribution in [0.15, 0.2) is 18.2 Å². The highest BCUT2D eigenvalue weighted by molar-refractivity contribution is 7.94. The van der Waals surface area contributed by atoms with Crippen molar-refractivity contribution in [1.82, 2.24) is 4.90 Å². The molecule has 0 aliphatic rings. The normalized spacial score (nSPS) is 12.6. The summed E-state index contributed by atoms with van der Waals surface area (Å²) >= 11 is 5.64. The van der Waals surface area contributed by atoms with E-state index < -0.39 is 31.8 Å². The summed E-state index contributed by atoms with van der Waals surface area (Å²) in [7, 11) is -1.16. The van der Waals surface area contributed by atoms with Gasteiger partial charge in [-0.1, -0.05) is 11.6 Å². The molecule has 1 rings (SSSR count). The number of hydrogen-bond donors (Lipinski definition) is 1. The van der Waals surface area contributed by atoms with Crippen molar-refractivity contribution in [2.24, 2.45) is 0 Å². The van der Waals surface area contributed by atoms with E-state index in [0.717, 1.165) is 11.0 Å². The van der Waals surface area contributed by atoms with Crippen LogP contribution < -0.4 is 4.72 Å². The van der Waals surface area contributed by atoms with Crippen LogP contribution in [0.3, 0.4) is 0 Å². The molecule has 0 aliphatic heterocycles. The highest BCUT2D eigenvalue weighted by atomic mass is 35.5. The van der Waals surface area contributed by atoms with Crippen LogP contribution in [0.5, 0.6) is 0 Å². The average molecular weight is 336 g/mol. The monoisotopic (exact) mass is 335 g/mol. The molecule has 1 aromatic carbocycles. The van der Waals surface area contributed by atoms with E-state index in [-0.39, 0.29) is 10.7 Å². The van der Waals surface area contributed by atoms with Crippen molar-refractivity contribution in [3.63, 3.8) is 0 Å². The maximum absolute atomic E-state index is 12.1. The van der Waals surface area contributed by atoms with Gasteiger partial charge >= 0.3 is 0 Å². The van der Waals surface area contributed by atoms with Crippen LogP contribution in [0.25, 0.3) is 0 Å². The van der Waals surface area contributed by atoms with E-state index in [1.807, 2.05) is 0 Å². The quantitative estimate of drug-likeness (QED) is 0.647. The van der Waals surface area contributed by atoms with Crippen LogP contribution in [0.4, 0.5) is 11.4 Å². The minimum absolute atomic E-state index is 0.0375. The van der Waals surface area contributed by atoms with Gasteiger partial charge in [0.15, 0.2) is 5.25 Å². The standard InChI is InChI=1S/C11H14ClN3O5S/c1-7(11(16)14(2)3)21(19,20)13-8-4-5-9(12)10(6-8)15(17)18/h4-7,13H,1-3H3/t7-/m1/s1. The number of halogens is 1. The zero-order valence-corrected chi connectivity index (χ0v) is 13.1. The third-order valence-electron chi connectivity index (χ3n) is 2.66. The van der Waals surface area contributed by atoms with Gasteiger partial charge in [-0.15, -0.1) is 0 Å². The largest absolute Gasteiger partial charge is 0.348 e. The Labute approximate surface area is 126 Å². The van der Waals surface area contributed by atoms with Crippen LogP contribution >= 0.6 is 11.6 Å². The van der Waals surface area contributed by atoms with Gasteiger partial charge in [0.25, 0.3) is 5.69 Å². The number of benzene rings is 1. The summed E-state index contributed by atoms with van der Waals surface area (Å²) in [6.45, 7) is 1.23. The third kappa shape index (κ3) is 4.05. The number of nitrogens with one attached hydrogen (secondary N) is 1. The highest BCUT2D eigenvalue weighted by Crippen LogP contribution is 2.28. The van der Waals surface area contributed by atoms with Crippen LogP contribution in [0, 0.1) is 10.1 Å². The summed E-state index contributed by atoms with van der Waals surface area (Å²) in [6.07, 6.45) is 0. The predicted molar refractivity (Wildman–Crippen MR) is 78.8 cm³/mol. The van der Waals surface area contributed by atoms with Gasteiger partial charge in [0, 0.05) is 20.2 Å². The highest BCUT2D eigenvalue weighted by Gasteiger charge is 2.29. The Morgan fingerprint density at radius 3 is 2.48 bits per heavy atom. The Morgan fingerprint density at radius 2 is 2.00 bits per heavy atom. The zero-order chi connectivity index (χ0) is 16.4. The van der Waals surface area contributed by atoms with Crippen molar-refractivity contribution in [3.05, 3.63) is 33.3 Å². The molecule has 1 atom stereocenters. The molecule has 1 amide bonds. The van der Waals surface area contributed by atoms with Gasteiger partial charge in [0.2, 0.25) is 15.9 Å². The summed E-state index contributed by atoms with van der Waals surface area (Å²) in [6, 6.07) is 3.47. The second-order valence-electron chi connectivity index (χ2n) is 4.45. The lowest BCUT2D eigenvalue weighted by Gasteiger charge is -2.18. The van der Waals surface area contributed by atoms with E-state index in [9.17, 15) is 23.3 Å². The average Bonchev–Trinajstić information content (AvgIpc) is 2.38. The Hall–Kier alpha value is -1.87. The number of nitro benzene ring substituents is 1. The summed E-state index contributed by atoms with van der Waals surface area (Å²) < 4.78 is 26.2. The molecule has 0 radical (unpaired) electrons. The fraction of sp³-hybridized carbons (Fsp3) is 0.364. The van der Waals surface area contributed by atoms with Crippen LogP contribution in [0.2, 0.25) is 5.02 Å². The second-order valence-corrected chi connectivity index (χ2v) is 6.85. The van der Waals surface area contributed by atoms with Gasteiger partial charge in [-0.25, -0.2) is 8.42 Å². The van der Waals surface area contributed by atoms with Crippen molar-refractivity contribution in [2.75, 3.05) is 18.8 Å². The van der Waals surface area contributed by atoms with E-state index in [2.05, 4.69) is 4.72 Å². The lowest BCUT2D eigenvalue weighted by atomic mass is 10.3. The summed E-state index contributed by atoms with van der Waals surface area (Å²) in [5.41, 5.74) is -0.465. The molecule has 0 saturated heterocycles. The SMILES string of the molecule is C[C@H](C(=O)N(C)C)S(=O)(=O)Nc1ccc(Cl)c([N+](=O)[O-])c1. The van der Waals surface area contributed by atoms with Crippen molar-refractivity contribution in [3.8, 4) is 0 Å². The van der Waals surface area contributed by atoms with E-state index in [1.165, 1.54) is 33.2 Å². The lowest BCUT2D eigenvalue weighted by molar-refractivity contribution is -0.384. The van der Waals surface area contributed by atoms with Crippen molar-refractivity contribution >= 4 is 38.9 Å². The zero-order valence-electron chi connectivity index (χ0n) is 11.5. The van der Waals surface area contributed by atoms with Gasteiger partial charge in [0.05, 0.1) is 10.6 Å². The molecular formula is C11H14ClN3O5S.